The van der Waals surface area contributed by atoms with Gasteiger partial charge in [-0.05, 0) is 87.4 Å². The Morgan fingerprint density at radius 3 is 1.03 bits per heavy atom. The molecule has 2 N–H and O–H groups in total. The summed E-state index contributed by atoms with van der Waals surface area (Å²) in [5.74, 6) is 0.0481. The lowest BCUT2D eigenvalue weighted by Gasteiger charge is -2.42. The van der Waals surface area contributed by atoms with Crippen LogP contribution in [0.15, 0.2) is 207 Å². The molecule has 0 spiro atoms. The van der Waals surface area contributed by atoms with Crippen LogP contribution in [0.2, 0.25) is 0 Å². The molecule has 8 aromatic rings. The highest BCUT2D eigenvalue weighted by atomic mass is 16.6. The van der Waals surface area contributed by atoms with Crippen molar-refractivity contribution in [1.82, 2.24) is 19.9 Å². The molecule has 6 atom stereocenters. The molecular weight excluding hydrogens is 881 g/mol. The van der Waals surface area contributed by atoms with Crippen LogP contribution in [0.1, 0.15) is 97.5 Å². The predicted octanol–water partition coefficient (Wildman–Crippen LogP) is 11.7. The van der Waals surface area contributed by atoms with Crippen LogP contribution in [0.5, 0.6) is 0 Å². The Morgan fingerprint density at radius 1 is 0.414 bits per heavy atom. The number of nitro benzene ring substituents is 2. The lowest BCUT2D eigenvalue weighted by atomic mass is 9.80. The van der Waals surface area contributed by atoms with Crippen LogP contribution in [-0.2, 0) is 0 Å². The number of hydrogen-bond donors (Lipinski definition) is 2. The molecule has 4 aromatic heterocycles. The molecule has 14 nitrogen and oxygen atoms in total. The molecule has 14 heteroatoms. The van der Waals surface area contributed by atoms with E-state index in [4.69, 9.17) is 0 Å². The first-order valence-corrected chi connectivity index (χ1v) is 23.1. The van der Waals surface area contributed by atoms with Gasteiger partial charge in [-0.25, -0.2) is 9.97 Å². The second-order valence-electron chi connectivity index (χ2n) is 17.2. The van der Waals surface area contributed by atoms with Crippen LogP contribution in [0.3, 0.4) is 0 Å². The summed E-state index contributed by atoms with van der Waals surface area (Å²) in [6.45, 7) is 8.06. The van der Waals surface area contributed by atoms with Gasteiger partial charge in [-0.3, -0.25) is 30.2 Å². The average Bonchev–Trinajstić information content (AvgIpc) is 3.39. The quantitative estimate of drug-likeness (QED) is 0.0614. The lowest BCUT2D eigenvalue weighted by Crippen LogP contribution is -2.41. The highest BCUT2D eigenvalue weighted by Gasteiger charge is 2.43. The van der Waals surface area contributed by atoms with Gasteiger partial charge in [0.25, 0.3) is 11.4 Å². The molecule has 0 radical (unpaired) electrons. The van der Waals surface area contributed by atoms with Crippen LogP contribution in [0, 0.1) is 20.2 Å². The number of anilines is 2. The molecule has 4 aromatic carbocycles. The first-order chi connectivity index (χ1) is 34.0. The van der Waals surface area contributed by atoms with E-state index in [9.17, 15) is 30.4 Å². The van der Waals surface area contributed by atoms with E-state index in [2.05, 4.69) is 19.9 Å². The number of aromatic nitrogens is 4. The van der Waals surface area contributed by atoms with Crippen LogP contribution >= 0.6 is 0 Å². The maximum atomic E-state index is 12.1. The summed E-state index contributed by atoms with van der Waals surface area (Å²) in [4.78, 5) is 46.0. The van der Waals surface area contributed by atoms with Crippen molar-refractivity contribution in [1.29, 1.82) is 0 Å². The van der Waals surface area contributed by atoms with Crippen LogP contribution < -0.4 is 9.80 Å². The van der Waals surface area contributed by atoms with E-state index >= 15 is 0 Å². The molecule has 356 valence electrons. The number of para-hydroxylation sites is 2. The van der Waals surface area contributed by atoms with E-state index in [1.54, 1.807) is 61.2 Å². The number of hydrogen-bond acceptors (Lipinski definition) is 12. The third kappa shape index (κ3) is 11.5. The van der Waals surface area contributed by atoms with Gasteiger partial charge in [0.15, 0.2) is 0 Å². The fourth-order valence-electron chi connectivity index (χ4n) is 9.16. The number of aliphatic hydroxyl groups is 2. The minimum atomic E-state index is -0.985. The summed E-state index contributed by atoms with van der Waals surface area (Å²) >= 11 is 0. The van der Waals surface area contributed by atoms with Crippen molar-refractivity contribution in [2.45, 2.75) is 75.9 Å². The molecule has 70 heavy (non-hydrogen) atoms. The van der Waals surface area contributed by atoms with Crippen molar-refractivity contribution in [3.8, 4) is 0 Å². The highest BCUT2D eigenvalue weighted by molar-refractivity contribution is 5.54. The average molecular weight is 937 g/mol. The first-order valence-electron chi connectivity index (χ1n) is 23.1. The monoisotopic (exact) mass is 936 g/mol. The van der Waals surface area contributed by atoms with Gasteiger partial charge in [-0.2, -0.15) is 0 Å². The summed E-state index contributed by atoms with van der Waals surface area (Å²) in [5, 5.41) is 47.9. The Labute approximate surface area is 408 Å². The van der Waals surface area contributed by atoms with Gasteiger partial charge in [0.2, 0.25) is 0 Å². The van der Waals surface area contributed by atoms with Crippen molar-refractivity contribution < 1.29 is 20.1 Å². The Hall–Kier alpha value is -8.20. The topological polar surface area (TPSA) is 185 Å². The van der Waals surface area contributed by atoms with Crippen LogP contribution in [0.4, 0.5) is 23.0 Å². The van der Waals surface area contributed by atoms with E-state index in [0.717, 1.165) is 0 Å². The zero-order valence-electron chi connectivity index (χ0n) is 39.4. The fraction of sp³-hybridized carbons (Fsp3) is 0.214. The van der Waals surface area contributed by atoms with Crippen LogP contribution in [0.25, 0.3) is 0 Å². The second-order valence-corrected chi connectivity index (χ2v) is 17.2. The zero-order valence-corrected chi connectivity index (χ0v) is 39.4. The van der Waals surface area contributed by atoms with Crippen molar-refractivity contribution in [2.24, 2.45) is 0 Å². The maximum absolute atomic E-state index is 12.1. The van der Waals surface area contributed by atoms with Crippen molar-refractivity contribution in [2.75, 3.05) is 9.80 Å². The predicted molar refractivity (Wildman–Crippen MR) is 272 cm³/mol. The molecule has 8 rings (SSSR count). The summed E-state index contributed by atoms with van der Waals surface area (Å²) in [7, 11) is 0. The molecule has 0 aliphatic carbocycles. The maximum Gasteiger partial charge on any atom is 0.274 e. The van der Waals surface area contributed by atoms with Gasteiger partial charge in [0, 0.05) is 60.4 Å². The minimum Gasteiger partial charge on any atom is -0.388 e. The Morgan fingerprint density at radius 2 is 0.729 bits per heavy atom. The van der Waals surface area contributed by atoms with Gasteiger partial charge in [0.1, 0.15) is 11.6 Å². The summed E-state index contributed by atoms with van der Waals surface area (Å²) in [6, 6.07) is 52.9. The van der Waals surface area contributed by atoms with E-state index in [-0.39, 0.29) is 33.3 Å². The third-order valence-corrected chi connectivity index (χ3v) is 12.1. The van der Waals surface area contributed by atoms with E-state index in [0.29, 0.717) is 45.3 Å². The summed E-state index contributed by atoms with van der Waals surface area (Å²) in [5.41, 5.74) is 3.63. The van der Waals surface area contributed by atoms with Gasteiger partial charge >= 0.3 is 0 Å². The molecule has 0 fully saturated rings. The number of pyridine rings is 4. The van der Waals surface area contributed by atoms with Crippen LogP contribution in [-0.4, -0.2) is 52.1 Å². The molecule has 4 heterocycles. The largest absolute Gasteiger partial charge is 0.388 e. The van der Waals surface area contributed by atoms with Crippen molar-refractivity contribution in [3.63, 3.8) is 0 Å². The Bertz CT molecular complexity index is 2670. The van der Waals surface area contributed by atoms with E-state index < -0.39 is 36.1 Å². The molecule has 0 bridgehead atoms. The molecule has 0 aliphatic rings. The highest BCUT2D eigenvalue weighted by Crippen LogP contribution is 2.49. The molecule has 0 saturated carbocycles. The number of rotatable bonds is 18. The number of benzene rings is 4. The van der Waals surface area contributed by atoms with E-state index in [1.807, 2.05) is 171 Å². The SMILES string of the molecule is CC(C)N(c1ccccn1)[C@@H](c1ccccc1[N+](=O)[O-])[C@@H](c1ccccn1)[C@@H](O)c1ccccc1.CC(C)N(c1ccccn1)[C@H](c1ccccc1[N+](=O)[O-])[C@H](c1ccccn1)[C@H](O)c1ccccc1. The Balaban J connectivity index is 0.000000206. The standard InChI is InChI=1S/2C28H28N4O3/c2*1-20(2)31(25-17-9-11-19-30-25)27(22-14-6-7-16-24(22)32(34)35)26(23-15-8-10-18-29-23)28(33)21-12-4-3-5-13-21/h2*3-20,26-28,33H,1-2H3/t2*26-,27+,28+/m10/s1. The fourth-order valence-corrected chi connectivity index (χ4v) is 9.16. The number of nitro groups is 2. The lowest BCUT2D eigenvalue weighted by molar-refractivity contribution is -0.386. The van der Waals surface area contributed by atoms with Crippen molar-refractivity contribution in [3.05, 3.63) is 261 Å². The molecule has 0 saturated heterocycles. The first kappa shape index (κ1) is 49.7. The number of aliphatic hydroxyl groups excluding tert-OH is 2. The molecule has 0 aliphatic heterocycles. The zero-order chi connectivity index (χ0) is 49.6. The normalized spacial score (nSPS) is 13.7. The van der Waals surface area contributed by atoms with Gasteiger partial charge in [0.05, 0.1) is 57.1 Å². The smallest absolute Gasteiger partial charge is 0.274 e. The second kappa shape index (κ2) is 23.7. The summed E-state index contributed by atoms with van der Waals surface area (Å²) in [6.07, 6.45) is 4.78. The minimum absolute atomic E-state index is 0.0136. The molecule has 0 amide bonds. The summed E-state index contributed by atoms with van der Waals surface area (Å²) < 4.78 is 0. The third-order valence-electron chi connectivity index (χ3n) is 12.1. The Kier molecular flexibility index (Phi) is 16.8. The number of nitrogens with zero attached hydrogens (tertiary/aromatic N) is 8. The van der Waals surface area contributed by atoms with Gasteiger partial charge in [-0.1, -0.05) is 121 Å². The molecular formula is C56H56N8O6. The van der Waals surface area contributed by atoms with Crippen molar-refractivity contribution >= 4 is 23.0 Å². The molecule has 0 unspecified atom stereocenters. The van der Waals surface area contributed by atoms with E-state index in [1.165, 1.54) is 12.1 Å². The van der Waals surface area contributed by atoms with Gasteiger partial charge in [-0.15, -0.1) is 0 Å². The van der Waals surface area contributed by atoms with Gasteiger partial charge < -0.3 is 20.0 Å².